The highest BCUT2D eigenvalue weighted by molar-refractivity contribution is 5.94. The molecule has 0 bridgehead atoms. The van der Waals surface area contributed by atoms with Gasteiger partial charge in [-0.2, -0.15) is 5.26 Å². The summed E-state index contributed by atoms with van der Waals surface area (Å²) in [5.41, 5.74) is 7.59. The average molecular weight is 403 g/mol. The van der Waals surface area contributed by atoms with Gasteiger partial charge in [-0.1, -0.05) is 12.1 Å². The molecule has 3 aromatic rings. The monoisotopic (exact) mass is 403 g/mol. The van der Waals surface area contributed by atoms with Gasteiger partial charge in [-0.05, 0) is 54.4 Å². The van der Waals surface area contributed by atoms with Crippen LogP contribution in [-0.4, -0.2) is 21.9 Å². The number of rotatable bonds is 7. The third-order valence-electron chi connectivity index (χ3n) is 4.16. The molecule has 3 N–H and O–H groups in total. The summed E-state index contributed by atoms with van der Waals surface area (Å²) in [4.78, 5) is 26.6. The Labute approximate surface area is 171 Å². The number of pyridine rings is 1. The van der Waals surface area contributed by atoms with Crippen molar-refractivity contribution in [1.82, 2.24) is 4.98 Å². The second-order valence-electron chi connectivity index (χ2n) is 6.32. The molecular formula is C21H17N5O4. The van der Waals surface area contributed by atoms with Crippen molar-refractivity contribution in [3.05, 3.63) is 88.1 Å². The minimum absolute atomic E-state index is 0.103. The lowest BCUT2D eigenvalue weighted by molar-refractivity contribution is -0.386. The van der Waals surface area contributed by atoms with Crippen LogP contribution in [-0.2, 0) is 11.2 Å². The van der Waals surface area contributed by atoms with E-state index in [0.29, 0.717) is 17.0 Å². The van der Waals surface area contributed by atoms with Crippen molar-refractivity contribution in [2.75, 3.05) is 5.32 Å². The van der Waals surface area contributed by atoms with Crippen molar-refractivity contribution in [2.45, 2.75) is 12.5 Å². The van der Waals surface area contributed by atoms with Gasteiger partial charge in [0, 0.05) is 18.0 Å². The first kappa shape index (κ1) is 20.4. The highest BCUT2D eigenvalue weighted by atomic mass is 16.6. The van der Waals surface area contributed by atoms with Crippen LogP contribution in [0.3, 0.4) is 0 Å². The van der Waals surface area contributed by atoms with Crippen LogP contribution in [0, 0.1) is 21.4 Å². The molecule has 9 heteroatoms. The average Bonchev–Trinajstić information content (AvgIpc) is 2.76. The van der Waals surface area contributed by atoms with Gasteiger partial charge in [0.15, 0.2) is 0 Å². The van der Waals surface area contributed by atoms with E-state index >= 15 is 0 Å². The Balaban J connectivity index is 1.60. The van der Waals surface area contributed by atoms with Gasteiger partial charge in [0.25, 0.3) is 5.88 Å². The molecule has 1 amide bonds. The number of carbonyl (C=O) groups is 1. The minimum atomic E-state index is -0.788. The molecule has 0 fully saturated rings. The van der Waals surface area contributed by atoms with Crippen LogP contribution in [0.1, 0.15) is 11.1 Å². The van der Waals surface area contributed by atoms with Crippen molar-refractivity contribution in [2.24, 2.45) is 5.73 Å². The Morgan fingerprint density at radius 2 is 1.90 bits per heavy atom. The van der Waals surface area contributed by atoms with Crippen LogP contribution in [0.5, 0.6) is 11.6 Å². The van der Waals surface area contributed by atoms with Crippen LogP contribution in [0.25, 0.3) is 0 Å². The molecule has 30 heavy (non-hydrogen) atoms. The molecule has 0 aliphatic rings. The number of nitrogens with zero attached hydrogens (tertiary/aromatic N) is 3. The standard InChI is InChI=1S/C21H17N5O4/c22-13-15-3-7-16(8-4-15)25-20(27)18(23)12-14-5-9-17(10-6-14)30-21-19(26(28)29)2-1-11-24-21/h1-11,18H,12,23H2,(H,25,27). The van der Waals surface area contributed by atoms with Crippen LogP contribution >= 0.6 is 0 Å². The number of benzene rings is 2. The van der Waals surface area contributed by atoms with Crippen LogP contribution in [0.4, 0.5) is 11.4 Å². The maximum Gasteiger partial charge on any atom is 0.331 e. The molecular weight excluding hydrogens is 386 g/mol. The summed E-state index contributed by atoms with van der Waals surface area (Å²) in [6, 6.07) is 17.1. The third-order valence-corrected chi connectivity index (χ3v) is 4.16. The van der Waals surface area contributed by atoms with E-state index in [4.69, 9.17) is 15.7 Å². The van der Waals surface area contributed by atoms with E-state index in [1.807, 2.05) is 6.07 Å². The Bertz CT molecular complexity index is 1090. The Morgan fingerprint density at radius 1 is 1.20 bits per heavy atom. The molecule has 9 nitrogen and oxygen atoms in total. The summed E-state index contributed by atoms with van der Waals surface area (Å²) < 4.78 is 5.49. The van der Waals surface area contributed by atoms with Gasteiger partial charge in [-0.3, -0.25) is 14.9 Å². The number of nitro groups is 1. The predicted molar refractivity (Wildman–Crippen MR) is 109 cm³/mol. The van der Waals surface area contributed by atoms with E-state index in [1.54, 1.807) is 48.5 Å². The first-order valence-corrected chi connectivity index (χ1v) is 8.89. The summed E-state index contributed by atoms with van der Waals surface area (Å²) in [7, 11) is 0. The molecule has 0 radical (unpaired) electrons. The third kappa shape index (κ3) is 5.15. The van der Waals surface area contributed by atoms with E-state index < -0.39 is 11.0 Å². The van der Waals surface area contributed by atoms with Crippen molar-refractivity contribution >= 4 is 17.3 Å². The number of ether oxygens (including phenoxy) is 1. The lowest BCUT2D eigenvalue weighted by atomic mass is 10.1. The van der Waals surface area contributed by atoms with Gasteiger partial charge in [0.05, 0.1) is 22.6 Å². The quantitative estimate of drug-likeness (QED) is 0.455. The smallest absolute Gasteiger partial charge is 0.331 e. The summed E-state index contributed by atoms with van der Waals surface area (Å²) >= 11 is 0. The molecule has 3 rings (SSSR count). The Morgan fingerprint density at radius 3 is 2.53 bits per heavy atom. The maximum absolute atomic E-state index is 12.3. The number of nitriles is 1. The van der Waals surface area contributed by atoms with Crippen molar-refractivity contribution in [3.63, 3.8) is 0 Å². The number of hydrogen-bond acceptors (Lipinski definition) is 7. The van der Waals surface area contributed by atoms with E-state index in [9.17, 15) is 14.9 Å². The lowest BCUT2D eigenvalue weighted by Gasteiger charge is -2.13. The van der Waals surface area contributed by atoms with E-state index in [0.717, 1.165) is 5.56 Å². The van der Waals surface area contributed by atoms with E-state index in [1.165, 1.54) is 18.3 Å². The predicted octanol–water partition coefficient (Wildman–Crippen LogP) is 3.16. The number of aromatic nitrogens is 1. The fraction of sp³-hybridized carbons (Fsp3) is 0.0952. The largest absolute Gasteiger partial charge is 0.434 e. The maximum atomic E-state index is 12.3. The highest BCUT2D eigenvalue weighted by Gasteiger charge is 2.17. The van der Waals surface area contributed by atoms with Crippen molar-refractivity contribution < 1.29 is 14.5 Å². The molecule has 0 aliphatic heterocycles. The number of anilines is 1. The second kappa shape index (κ2) is 9.27. The molecule has 1 atom stereocenters. The number of nitrogens with one attached hydrogen (secondary N) is 1. The first-order valence-electron chi connectivity index (χ1n) is 8.89. The van der Waals surface area contributed by atoms with Gasteiger partial charge in [-0.15, -0.1) is 0 Å². The summed E-state index contributed by atoms with van der Waals surface area (Å²) in [6.45, 7) is 0. The van der Waals surface area contributed by atoms with Crippen molar-refractivity contribution in [3.8, 4) is 17.7 Å². The fourth-order valence-electron chi connectivity index (χ4n) is 2.61. The highest BCUT2D eigenvalue weighted by Crippen LogP contribution is 2.28. The molecule has 1 unspecified atom stereocenters. The number of nitrogens with two attached hydrogens (primary N) is 1. The van der Waals surface area contributed by atoms with Gasteiger partial charge in [0.1, 0.15) is 5.75 Å². The van der Waals surface area contributed by atoms with Gasteiger partial charge in [-0.25, -0.2) is 4.98 Å². The Kier molecular flexibility index (Phi) is 6.32. The SMILES string of the molecule is N#Cc1ccc(NC(=O)C(N)Cc2ccc(Oc3ncccc3[N+](=O)[O-])cc2)cc1. The zero-order valence-corrected chi connectivity index (χ0v) is 15.7. The van der Waals surface area contributed by atoms with Gasteiger partial charge < -0.3 is 15.8 Å². The second-order valence-corrected chi connectivity index (χ2v) is 6.32. The molecule has 1 heterocycles. The molecule has 2 aromatic carbocycles. The summed E-state index contributed by atoms with van der Waals surface area (Å²) in [5, 5.41) is 22.5. The summed E-state index contributed by atoms with van der Waals surface area (Å²) in [6.07, 6.45) is 1.69. The van der Waals surface area contributed by atoms with E-state index in [2.05, 4.69) is 10.3 Å². The normalized spacial score (nSPS) is 11.2. The van der Waals surface area contributed by atoms with Crippen molar-refractivity contribution in [1.29, 1.82) is 5.26 Å². The lowest BCUT2D eigenvalue weighted by Crippen LogP contribution is -2.37. The molecule has 0 aliphatic carbocycles. The molecule has 0 saturated heterocycles. The van der Waals surface area contributed by atoms with Crippen LogP contribution in [0.15, 0.2) is 66.9 Å². The van der Waals surface area contributed by atoms with Crippen LogP contribution < -0.4 is 15.8 Å². The molecule has 0 spiro atoms. The van der Waals surface area contributed by atoms with E-state index in [-0.39, 0.29) is 23.9 Å². The van der Waals surface area contributed by atoms with Gasteiger partial charge >= 0.3 is 5.69 Å². The van der Waals surface area contributed by atoms with Gasteiger partial charge in [0.2, 0.25) is 5.91 Å². The van der Waals surface area contributed by atoms with Crippen LogP contribution in [0.2, 0.25) is 0 Å². The topological polar surface area (TPSA) is 144 Å². The molecule has 150 valence electrons. The number of hydrogen-bond donors (Lipinski definition) is 2. The first-order chi connectivity index (χ1) is 14.5. The fourth-order valence-corrected chi connectivity index (χ4v) is 2.61. The zero-order valence-electron chi connectivity index (χ0n) is 15.7. The minimum Gasteiger partial charge on any atom is -0.434 e. The zero-order chi connectivity index (χ0) is 21.5. The molecule has 0 saturated carbocycles. The summed E-state index contributed by atoms with van der Waals surface area (Å²) in [5.74, 6) is -0.0888. The number of amides is 1. The Hall–Kier alpha value is -4.29. The molecule has 1 aromatic heterocycles. The number of carbonyl (C=O) groups excluding carboxylic acids is 1.